The van der Waals surface area contributed by atoms with E-state index in [9.17, 15) is 0 Å². The summed E-state index contributed by atoms with van der Waals surface area (Å²) in [7, 11) is 4.28. The van der Waals surface area contributed by atoms with Crippen molar-refractivity contribution in [2.45, 2.75) is 0 Å². The lowest BCUT2D eigenvalue weighted by Gasteiger charge is -2.36. The van der Waals surface area contributed by atoms with E-state index in [-0.39, 0.29) is 6.47 Å². The monoisotopic (exact) mass is 395 g/mol. The summed E-state index contributed by atoms with van der Waals surface area (Å²) in [4.78, 5) is 23.8. The van der Waals surface area contributed by atoms with Crippen molar-refractivity contribution >= 4 is 23.2 Å². The number of anilines is 1. The van der Waals surface area contributed by atoms with E-state index in [4.69, 9.17) is 14.9 Å². The largest absolute Gasteiger partial charge is 0.483 e. The predicted molar refractivity (Wildman–Crippen MR) is 117 cm³/mol. The molecule has 0 radical (unpaired) electrons. The maximum absolute atomic E-state index is 8.36. The third kappa shape index (κ3) is 5.56. The molecule has 1 aromatic heterocycles. The van der Waals surface area contributed by atoms with Gasteiger partial charge in [-0.15, -0.1) is 0 Å². The minimum absolute atomic E-state index is 0.250. The van der Waals surface area contributed by atoms with Crippen molar-refractivity contribution in [2.24, 2.45) is 0 Å². The molecular weight excluding hydrogens is 366 g/mol. The summed E-state index contributed by atoms with van der Waals surface area (Å²) in [5.41, 5.74) is 4.54. The number of nitrogens with zero attached hydrogens (tertiary/aromatic N) is 4. The Labute approximate surface area is 171 Å². The highest BCUT2D eigenvalue weighted by molar-refractivity contribution is 5.79. The van der Waals surface area contributed by atoms with E-state index >= 15 is 0 Å². The molecule has 0 unspecified atom stereocenters. The van der Waals surface area contributed by atoms with Gasteiger partial charge in [0.05, 0.1) is 11.0 Å². The standard InChI is InChI=1S/C21H27N5.CH2O2/c1-24(2)10-11-25-12-14-26(15-13-25)18-7-5-6-17(16-18)21-22-19-8-3-4-9-20(19)23-21;2-1-3/h3-9,16H,10-15H2,1-2H3,(H,22,23);1H,(H,2,3). The van der Waals surface area contributed by atoms with Gasteiger partial charge in [0.25, 0.3) is 6.47 Å². The number of nitrogens with one attached hydrogen (secondary N) is 1. The van der Waals surface area contributed by atoms with Gasteiger partial charge in [0.2, 0.25) is 0 Å². The molecule has 4 rings (SSSR count). The predicted octanol–water partition coefficient (Wildman–Crippen LogP) is 2.61. The third-order valence-electron chi connectivity index (χ3n) is 5.11. The summed E-state index contributed by atoms with van der Waals surface area (Å²) in [5, 5.41) is 6.89. The lowest BCUT2D eigenvalue weighted by Crippen LogP contribution is -2.48. The minimum atomic E-state index is -0.250. The van der Waals surface area contributed by atoms with Crippen molar-refractivity contribution in [3.63, 3.8) is 0 Å². The topological polar surface area (TPSA) is 75.7 Å². The molecule has 2 heterocycles. The van der Waals surface area contributed by atoms with Gasteiger partial charge in [0, 0.05) is 50.5 Å². The molecular formula is C22H29N5O2. The molecule has 2 N–H and O–H groups in total. The molecule has 0 spiro atoms. The van der Waals surface area contributed by atoms with Crippen molar-refractivity contribution < 1.29 is 9.90 Å². The molecule has 1 fully saturated rings. The molecule has 7 nitrogen and oxygen atoms in total. The quantitative estimate of drug-likeness (QED) is 0.647. The number of rotatable bonds is 5. The third-order valence-corrected chi connectivity index (χ3v) is 5.11. The zero-order valence-corrected chi connectivity index (χ0v) is 17.1. The number of benzene rings is 2. The Kier molecular flexibility index (Phi) is 7.21. The molecule has 0 atom stereocenters. The first-order chi connectivity index (χ1) is 14.1. The number of aromatic nitrogens is 2. The fourth-order valence-corrected chi connectivity index (χ4v) is 3.51. The summed E-state index contributed by atoms with van der Waals surface area (Å²) < 4.78 is 0. The zero-order chi connectivity index (χ0) is 20.6. The summed E-state index contributed by atoms with van der Waals surface area (Å²) in [6.07, 6.45) is 0. The molecule has 0 bridgehead atoms. The van der Waals surface area contributed by atoms with Crippen LogP contribution in [0, 0.1) is 0 Å². The van der Waals surface area contributed by atoms with Gasteiger partial charge >= 0.3 is 0 Å². The van der Waals surface area contributed by atoms with Crippen LogP contribution in [-0.4, -0.2) is 84.7 Å². The highest BCUT2D eigenvalue weighted by atomic mass is 16.3. The number of hydrogen-bond donors (Lipinski definition) is 2. The summed E-state index contributed by atoms with van der Waals surface area (Å²) >= 11 is 0. The van der Waals surface area contributed by atoms with Gasteiger partial charge in [-0.25, -0.2) is 4.98 Å². The second-order valence-corrected chi connectivity index (χ2v) is 7.39. The van der Waals surface area contributed by atoms with Gasteiger partial charge in [0.1, 0.15) is 5.82 Å². The van der Waals surface area contributed by atoms with Crippen molar-refractivity contribution in [3.05, 3.63) is 48.5 Å². The second-order valence-electron chi connectivity index (χ2n) is 7.39. The Hall–Kier alpha value is -2.90. The smallest absolute Gasteiger partial charge is 0.290 e. The Morgan fingerprint density at radius 1 is 1.10 bits per heavy atom. The van der Waals surface area contributed by atoms with Gasteiger partial charge in [-0.1, -0.05) is 24.3 Å². The molecule has 3 aromatic rings. The molecule has 154 valence electrons. The number of carbonyl (C=O) groups is 1. The average molecular weight is 396 g/mol. The normalized spacial score (nSPS) is 14.7. The van der Waals surface area contributed by atoms with Crippen LogP contribution in [-0.2, 0) is 4.79 Å². The number of carboxylic acid groups (broad SMARTS) is 1. The van der Waals surface area contributed by atoms with E-state index < -0.39 is 0 Å². The summed E-state index contributed by atoms with van der Waals surface area (Å²) in [5.74, 6) is 0.942. The molecule has 29 heavy (non-hydrogen) atoms. The summed E-state index contributed by atoms with van der Waals surface area (Å²) in [6, 6.07) is 16.9. The average Bonchev–Trinajstić information content (AvgIpc) is 3.18. The number of aromatic amines is 1. The zero-order valence-electron chi connectivity index (χ0n) is 17.1. The van der Waals surface area contributed by atoms with Crippen LogP contribution in [0.3, 0.4) is 0 Å². The van der Waals surface area contributed by atoms with Crippen LogP contribution in [0.4, 0.5) is 5.69 Å². The molecule has 0 saturated carbocycles. The van der Waals surface area contributed by atoms with E-state index in [0.29, 0.717) is 0 Å². The van der Waals surface area contributed by atoms with Gasteiger partial charge < -0.3 is 19.9 Å². The molecule has 0 amide bonds. The molecule has 1 aliphatic heterocycles. The lowest BCUT2D eigenvalue weighted by molar-refractivity contribution is -0.122. The Morgan fingerprint density at radius 3 is 2.52 bits per heavy atom. The Bertz CT molecular complexity index is 883. The van der Waals surface area contributed by atoms with Crippen LogP contribution in [0.2, 0.25) is 0 Å². The van der Waals surface area contributed by atoms with Gasteiger partial charge in [0.15, 0.2) is 0 Å². The molecule has 2 aromatic carbocycles. The van der Waals surface area contributed by atoms with E-state index in [1.54, 1.807) is 0 Å². The van der Waals surface area contributed by atoms with Crippen molar-refractivity contribution in [1.82, 2.24) is 19.8 Å². The Balaban J connectivity index is 0.000000755. The Morgan fingerprint density at radius 2 is 1.83 bits per heavy atom. The maximum Gasteiger partial charge on any atom is 0.290 e. The van der Waals surface area contributed by atoms with Crippen LogP contribution in [0.5, 0.6) is 0 Å². The number of hydrogen-bond acceptors (Lipinski definition) is 5. The van der Waals surface area contributed by atoms with Crippen LogP contribution < -0.4 is 4.90 Å². The molecule has 7 heteroatoms. The fourth-order valence-electron chi connectivity index (χ4n) is 3.51. The van der Waals surface area contributed by atoms with Crippen LogP contribution in [0.15, 0.2) is 48.5 Å². The number of likely N-dealkylation sites (N-methyl/N-ethyl adjacent to an activating group) is 1. The number of fused-ring (bicyclic) bond motifs is 1. The minimum Gasteiger partial charge on any atom is -0.483 e. The van der Waals surface area contributed by atoms with Gasteiger partial charge in [-0.3, -0.25) is 9.69 Å². The van der Waals surface area contributed by atoms with Gasteiger partial charge in [-0.05, 0) is 38.4 Å². The first kappa shape index (κ1) is 20.8. The van der Waals surface area contributed by atoms with Crippen LogP contribution >= 0.6 is 0 Å². The van der Waals surface area contributed by atoms with Crippen molar-refractivity contribution in [1.29, 1.82) is 0 Å². The van der Waals surface area contributed by atoms with E-state index in [0.717, 1.165) is 61.7 Å². The first-order valence-electron chi connectivity index (χ1n) is 9.86. The fraction of sp³-hybridized carbons (Fsp3) is 0.364. The van der Waals surface area contributed by atoms with Crippen LogP contribution in [0.1, 0.15) is 0 Å². The van der Waals surface area contributed by atoms with E-state index in [1.165, 1.54) is 5.69 Å². The molecule has 0 aliphatic carbocycles. The number of imidazole rings is 1. The highest BCUT2D eigenvalue weighted by Crippen LogP contribution is 2.25. The van der Waals surface area contributed by atoms with Gasteiger partial charge in [-0.2, -0.15) is 0 Å². The lowest BCUT2D eigenvalue weighted by atomic mass is 10.1. The maximum atomic E-state index is 8.36. The number of H-pyrrole nitrogens is 1. The first-order valence-corrected chi connectivity index (χ1v) is 9.86. The number of piperazine rings is 1. The summed E-state index contributed by atoms with van der Waals surface area (Å²) in [6.45, 7) is 6.45. The second kappa shape index (κ2) is 10.0. The van der Waals surface area contributed by atoms with Crippen molar-refractivity contribution in [3.8, 4) is 11.4 Å². The number of para-hydroxylation sites is 2. The van der Waals surface area contributed by atoms with E-state index in [2.05, 4.69) is 64.1 Å². The van der Waals surface area contributed by atoms with Crippen molar-refractivity contribution in [2.75, 3.05) is 58.3 Å². The van der Waals surface area contributed by atoms with Crippen LogP contribution in [0.25, 0.3) is 22.4 Å². The SMILES string of the molecule is CN(C)CCN1CCN(c2cccc(-c3nc4ccccc4[nH]3)c2)CC1.O=CO. The highest BCUT2D eigenvalue weighted by Gasteiger charge is 2.17. The molecule has 1 aliphatic rings. The molecule has 1 saturated heterocycles. The van der Waals surface area contributed by atoms with E-state index in [1.807, 2.05) is 18.2 Å².